The van der Waals surface area contributed by atoms with Gasteiger partial charge in [0.1, 0.15) is 11.6 Å². The van der Waals surface area contributed by atoms with Crippen molar-refractivity contribution in [3.63, 3.8) is 0 Å². The first-order chi connectivity index (χ1) is 9.22. The molecule has 1 aromatic heterocycles. The molecule has 0 atom stereocenters. The highest BCUT2D eigenvalue weighted by molar-refractivity contribution is 5.43. The van der Waals surface area contributed by atoms with Gasteiger partial charge < -0.3 is 5.32 Å². The number of anilines is 1. The largest absolute Gasteiger partial charge is 0.366 e. The molecule has 1 aromatic carbocycles. The molecule has 0 radical (unpaired) electrons. The highest BCUT2D eigenvalue weighted by Crippen LogP contribution is 2.12. The number of rotatable bonds is 3. The zero-order valence-electron chi connectivity index (χ0n) is 9.89. The molecule has 0 saturated carbocycles. The Labute approximate surface area is 109 Å². The minimum absolute atomic E-state index is 0.236. The monoisotopic (exact) mass is 252 g/mol. The molecule has 2 rings (SSSR count). The van der Waals surface area contributed by atoms with E-state index >= 15 is 0 Å². The summed E-state index contributed by atoms with van der Waals surface area (Å²) in [5.74, 6) is 0.0609. The third-order valence-corrected chi connectivity index (χ3v) is 2.53. The summed E-state index contributed by atoms with van der Waals surface area (Å²) in [7, 11) is 0. The number of hydrogen-bond acceptors (Lipinski definition) is 4. The average molecular weight is 252 g/mol. The SMILES string of the molecule is N#Cc1ccnc(NCc2ccc(C#N)cc2F)c1. The van der Waals surface area contributed by atoms with E-state index in [-0.39, 0.29) is 12.1 Å². The van der Waals surface area contributed by atoms with Crippen LogP contribution >= 0.6 is 0 Å². The summed E-state index contributed by atoms with van der Waals surface area (Å²) < 4.78 is 13.6. The van der Waals surface area contributed by atoms with Crippen LogP contribution in [0.1, 0.15) is 16.7 Å². The lowest BCUT2D eigenvalue weighted by atomic mass is 10.1. The van der Waals surface area contributed by atoms with E-state index in [1.807, 2.05) is 12.1 Å². The summed E-state index contributed by atoms with van der Waals surface area (Å²) in [4.78, 5) is 4.03. The molecular formula is C14H9FN4. The molecule has 0 aliphatic rings. The molecular weight excluding hydrogens is 243 g/mol. The van der Waals surface area contributed by atoms with Crippen molar-refractivity contribution >= 4 is 5.82 Å². The first-order valence-electron chi connectivity index (χ1n) is 5.51. The maximum atomic E-state index is 13.6. The van der Waals surface area contributed by atoms with Gasteiger partial charge in [0.05, 0.1) is 23.3 Å². The number of aromatic nitrogens is 1. The van der Waals surface area contributed by atoms with Gasteiger partial charge >= 0.3 is 0 Å². The maximum absolute atomic E-state index is 13.6. The number of pyridine rings is 1. The van der Waals surface area contributed by atoms with Gasteiger partial charge in [-0.15, -0.1) is 0 Å². The molecule has 1 heterocycles. The Balaban J connectivity index is 2.11. The molecule has 4 nitrogen and oxygen atoms in total. The van der Waals surface area contributed by atoms with Crippen LogP contribution in [-0.2, 0) is 6.54 Å². The topological polar surface area (TPSA) is 72.5 Å². The van der Waals surface area contributed by atoms with Gasteiger partial charge in [0.2, 0.25) is 0 Å². The van der Waals surface area contributed by atoms with Gasteiger partial charge in [-0.2, -0.15) is 10.5 Å². The van der Waals surface area contributed by atoms with Crippen LogP contribution in [0.3, 0.4) is 0 Å². The van der Waals surface area contributed by atoms with Crippen LogP contribution in [0.5, 0.6) is 0 Å². The fourth-order valence-corrected chi connectivity index (χ4v) is 1.54. The van der Waals surface area contributed by atoms with Crippen LogP contribution in [0.15, 0.2) is 36.5 Å². The van der Waals surface area contributed by atoms with Crippen LogP contribution in [0.4, 0.5) is 10.2 Å². The Morgan fingerprint density at radius 2 is 1.84 bits per heavy atom. The number of nitrogens with zero attached hydrogens (tertiary/aromatic N) is 3. The van der Waals surface area contributed by atoms with Gasteiger partial charge in [0.25, 0.3) is 0 Å². The lowest BCUT2D eigenvalue weighted by molar-refractivity contribution is 0.612. The summed E-state index contributed by atoms with van der Waals surface area (Å²) >= 11 is 0. The highest BCUT2D eigenvalue weighted by atomic mass is 19.1. The first kappa shape index (κ1) is 12.5. The van der Waals surface area contributed by atoms with E-state index in [1.54, 1.807) is 24.3 Å². The molecule has 0 saturated heterocycles. The molecule has 0 aliphatic heterocycles. The first-order valence-corrected chi connectivity index (χ1v) is 5.51. The van der Waals surface area contributed by atoms with Crippen molar-refractivity contribution in [3.8, 4) is 12.1 Å². The number of nitrogens with one attached hydrogen (secondary N) is 1. The number of halogens is 1. The Morgan fingerprint density at radius 3 is 2.53 bits per heavy atom. The minimum atomic E-state index is -0.442. The second-order valence-corrected chi connectivity index (χ2v) is 3.81. The standard InChI is InChI=1S/C14H9FN4/c15-13-5-10(7-16)1-2-12(13)9-19-14-6-11(8-17)3-4-18-14/h1-6H,9H2,(H,18,19). The minimum Gasteiger partial charge on any atom is -0.366 e. The van der Waals surface area contributed by atoms with Gasteiger partial charge in [0.15, 0.2) is 0 Å². The van der Waals surface area contributed by atoms with E-state index in [0.717, 1.165) is 0 Å². The van der Waals surface area contributed by atoms with E-state index < -0.39 is 5.82 Å². The molecule has 2 aromatic rings. The van der Waals surface area contributed by atoms with Gasteiger partial charge in [-0.25, -0.2) is 9.37 Å². The third kappa shape index (κ3) is 3.05. The Morgan fingerprint density at radius 1 is 1.11 bits per heavy atom. The maximum Gasteiger partial charge on any atom is 0.129 e. The van der Waals surface area contributed by atoms with Crippen molar-refractivity contribution < 1.29 is 4.39 Å². The zero-order valence-corrected chi connectivity index (χ0v) is 9.89. The second-order valence-electron chi connectivity index (χ2n) is 3.81. The van der Waals surface area contributed by atoms with E-state index in [2.05, 4.69) is 10.3 Å². The molecule has 5 heteroatoms. The summed E-state index contributed by atoms with van der Waals surface area (Å²) in [6.07, 6.45) is 1.51. The van der Waals surface area contributed by atoms with Crippen molar-refractivity contribution in [2.45, 2.75) is 6.54 Å². The number of nitriles is 2. The van der Waals surface area contributed by atoms with Crippen LogP contribution in [0.2, 0.25) is 0 Å². The predicted molar refractivity (Wildman–Crippen MR) is 67.4 cm³/mol. The van der Waals surface area contributed by atoms with Crippen molar-refractivity contribution in [1.29, 1.82) is 10.5 Å². The number of hydrogen-bond donors (Lipinski definition) is 1. The summed E-state index contributed by atoms with van der Waals surface area (Å²) in [6.45, 7) is 0.236. The Bertz CT molecular complexity index is 683. The molecule has 0 unspecified atom stereocenters. The second kappa shape index (κ2) is 5.61. The van der Waals surface area contributed by atoms with Crippen molar-refractivity contribution in [3.05, 3.63) is 59.0 Å². The van der Waals surface area contributed by atoms with Crippen LogP contribution in [-0.4, -0.2) is 4.98 Å². The van der Waals surface area contributed by atoms with Crippen molar-refractivity contribution in [1.82, 2.24) is 4.98 Å². The molecule has 92 valence electrons. The van der Waals surface area contributed by atoms with Gasteiger partial charge in [-0.1, -0.05) is 6.07 Å². The Kier molecular flexibility index (Phi) is 3.70. The highest BCUT2D eigenvalue weighted by Gasteiger charge is 2.04. The van der Waals surface area contributed by atoms with Gasteiger partial charge in [-0.3, -0.25) is 0 Å². The van der Waals surface area contributed by atoms with Crippen molar-refractivity contribution in [2.75, 3.05) is 5.32 Å². The average Bonchev–Trinajstić information content (AvgIpc) is 2.46. The Hall–Kier alpha value is -2.92. The lowest BCUT2D eigenvalue weighted by Crippen LogP contribution is -2.03. The summed E-state index contributed by atoms with van der Waals surface area (Å²) in [5.41, 5.74) is 1.20. The zero-order chi connectivity index (χ0) is 13.7. The molecule has 19 heavy (non-hydrogen) atoms. The molecule has 0 amide bonds. The smallest absolute Gasteiger partial charge is 0.129 e. The van der Waals surface area contributed by atoms with Crippen LogP contribution < -0.4 is 5.32 Å². The van der Waals surface area contributed by atoms with Gasteiger partial charge in [-0.05, 0) is 24.3 Å². The van der Waals surface area contributed by atoms with E-state index in [0.29, 0.717) is 16.9 Å². The molecule has 0 bridgehead atoms. The van der Waals surface area contributed by atoms with E-state index in [1.165, 1.54) is 12.3 Å². The predicted octanol–water partition coefficient (Wildman–Crippen LogP) is 2.58. The summed E-state index contributed by atoms with van der Waals surface area (Å²) in [5, 5.41) is 20.3. The lowest BCUT2D eigenvalue weighted by Gasteiger charge is -2.06. The van der Waals surface area contributed by atoms with Crippen LogP contribution in [0.25, 0.3) is 0 Å². The number of benzene rings is 1. The molecule has 0 aliphatic carbocycles. The van der Waals surface area contributed by atoms with Crippen LogP contribution in [0, 0.1) is 28.5 Å². The van der Waals surface area contributed by atoms with E-state index in [9.17, 15) is 4.39 Å². The fraction of sp³-hybridized carbons (Fsp3) is 0.0714. The molecule has 1 N–H and O–H groups in total. The van der Waals surface area contributed by atoms with Crippen molar-refractivity contribution in [2.24, 2.45) is 0 Å². The van der Waals surface area contributed by atoms with E-state index in [4.69, 9.17) is 10.5 Å². The fourth-order valence-electron chi connectivity index (χ4n) is 1.54. The normalized spacial score (nSPS) is 9.42. The molecule has 0 fully saturated rings. The summed E-state index contributed by atoms with van der Waals surface area (Å²) in [6, 6.07) is 11.3. The molecule has 0 spiro atoms. The quantitative estimate of drug-likeness (QED) is 0.911. The third-order valence-electron chi connectivity index (χ3n) is 2.53. The van der Waals surface area contributed by atoms with Gasteiger partial charge in [0, 0.05) is 18.3 Å².